The minimum Gasteiger partial charge on any atom is -0.507 e. The van der Waals surface area contributed by atoms with Gasteiger partial charge in [-0.05, 0) is 42.2 Å². The van der Waals surface area contributed by atoms with E-state index in [9.17, 15) is 35.4 Å². The molecule has 2 aromatic carbocycles. The largest absolute Gasteiger partial charge is 0.507 e. The Morgan fingerprint density at radius 1 is 1.03 bits per heavy atom. The summed E-state index contributed by atoms with van der Waals surface area (Å²) in [5, 5.41) is 59.1. The maximum absolute atomic E-state index is 11.7. The molecule has 3 rings (SSSR count). The van der Waals surface area contributed by atoms with Crippen LogP contribution in [-0.4, -0.2) is 81.0 Å². The molecular weight excluding hydrogens is 424 g/mol. The molecule has 1 fully saturated rings. The van der Waals surface area contributed by atoms with Crippen molar-refractivity contribution >= 4 is 5.97 Å². The lowest BCUT2D eigenvalue weighted by Gasteiger charge is -2.39. The van der Waals surface area contributed by atoms with E-state index < -0.39 is 49.0 Å². The van der Waals surface area contributed by atoms with E-state index in [4.69, 9.17) is 14.2 Å². The molecule has 0 aliphatic carbocycles. The third kappa shape index (κ3) is 5.12. The Labute approximate surface area is 183 Å². The summed E-state index contributed by atoms with van der Waals surface area (Å²) in [7, 11) is 1.54. The summed E-state index contributed by atoms with van der Waals surface area (Å²) in [6.07, 6.45) is -6.77. The van der Waals surface area contributed by atoms with E-state index in [1.54, 1.807) is 13.2 Å². The summed E-state index contributed by atoms with van der Waals surface area (Å²) in [6, 6.07) is 9.71. The molecule has 0 saturated carbocycles. The zero-order valence-corrected chi connectivity index (χ0v) is 17.3. The van der Waals surface area contributed by atoms with E-state index >= 15 is 0 Å². The fourth-order valence-corrected chi connectivity index (χ4v) is 3.57. The van der Waals surface area contributed by atoms with Gasteiger partial charge in [0.2, 0.25) is 6.29 Å². The number of hydrogen-bond acceptors (Lipinski definition) is 9. The average Bonchev–Trinajstić information content (AvgIpc) is 2.77. The number of aromatic hydroxyl groups is 1. The Kier molecular flexibility index (Phi) is 7.54. The minimum absolute atomic E-state index is 0.0162. The molecule has 0 amide bonds. The standard InChI is InChI=1S/C22H26O10/c1-30-13-4-2-3-11(7-13)5-6-12-8-14(9-15(24)17(12)21(28)29)31-22-20(27)19(26)18(25)16(10-23)32-22/h2-4,7-9,16,18-20,22-27H,5-6,10H2,1H3,(H,28,29)/t16-,18-,19+,20-,22-/m1/s1. The highest BCUT2D eigenvalue weighted by atomic mass is 16.7. The number of aryl methyl sites for hydroxylation is 2. The van der Waals surface area contributed by atoms with Gasteiger partial charge in [-0.15, -0.1) is 0 Å². The van der Waals surface area contributed by atoms with Crippen molar-refractivity contribution in [2.45, 2.75) is 43.5 Å². The third-order valence-corrected chi connectivity index (χ3v) is 5.30. The van der Waals surface area contributed by atoms with Gasteiger partial charge in [0.1, 0.15) is 47.2 Å². The van der Waals surface area contributed by atoms with Gasteiger partial charge in [0.05, 0.1) is 13.7 Å². The number of rotatable bonds is 8. The summed E-state index contributed by atoms with van der Waals surface area (Å²) in [4.78, 5) is 11.7. The molecule has 0 spiro atoms. The zero-order chi connectivity index (χ0) is 23.4. The number of carboxylic acids is 1. The molecule has 10 heteroatoms. The van der Waals surface area contributed by atoms with Crippen LogP contribution in [0.25, 0.3) is 0 Å². The van der Waals surface area contributed by atoms with Crippen LogP contribution in [0.2, 0.25) is 0 Å². The van der Waals surface area contributed by atoms with Crippen LogP contribution < -0.4 is 9.47 Å². The van der Waals surface area contributed by atoms with Gasteiger partial charge in [0, 0.05) is 6.07 Å². The number of aliphatic hydroxyl groups excluding tert-OH is 4. The van der Waals surface area contributed by atoms with Crippen LogP contribution >= 0.6 is 0 Å². The molecule has 0 unspecified atom stereocenters. The third-order valence-electron chi connectivity index (χ3n) is 5.30. The van der Waals surface area contributed by atoms with Crippen molar-refractivity contribution in [3.05, 3.63) is 53.1 Å². The van der Waals surface area contributed by atoms with Crippen molar-refractivity contribution < 1.29 is 49.6 Å². The van der Waals surface area contributed by atoms with E-state index in [1.807, 2.05) is 18.2 Å². The van der Waals surface area contributed by atoms with Gasteiger partial charge in [-0.1, -0.05) is 12.1 Å². The normalized spacial score (nSPS) is 25.3. The average molecular weight is 450 g/mol. The SMILES string of the molecule is COc1cccc(CCc2cc(O[C@@H]3O[C@H](CO)[C@@H](O)[C@H](O)[C@H]3O)cc(O)c2C(=O)O)c1. The molecular formula is C22H26O10. The van der Waals surface area contributed by atoms with Gasteiger partial charge in [-0.25, -0.2) is 4.79 Å². The fraction of sp³-hybridized carbons (Fsp3) is 0.409. The Hall–Kier alpha value is -2.89. The number of carbonyl (C=O) groups is 1. The van der Waals surface area contributed by atoms with Crippen LogP contribution in [0, 0.1) is 0 Å². The van der Waals surface area contributed by atoms with E-state index in [1.165, 1.54) is 6.07 Å². The number of phenols is 1. The fourth-order valence-electron chi connectivity index (χ4n) is 3.57. The van der Waals surface area contributed by atoms with Crippen LogP contribution in [0.3, 0.4) is 0 Å². The molecule has 10 nitrogen and oxygen atoms in total. The summed E-state index contributed by atoms with van der Waals surface area (Å²) >= 11 is 0. The number of aliphatic hydroxyl groups is 4. The lowest BCUT2D eigenvalue weighted by atomic mass is 9.98. The molecule has 1 aliphatic heterocycles. The molecule has 1 heterocycles. The zero-order valence-electron chi connectivity index (χ0n) is 17.3. The molecule has 2 aromatic rings. The second kappa shape index (κ2) is 10.2. The Balaban J connectivity index is 1.84. The van der Waals surface area contributed by atoms with Crippen LogP contribution in [0.1, 0.15) is 21.5 Å². The van der Waals surface area contributed by atoms with E-state index in [2.05, 4.69) is 0 Å². The van der Waals surface area contributed by atoms with Crippen molar-refractivity contribution in [2.75, 3.05) is 13.7 Å². The van der Waals surface area contributed by atoms with E-state index in [0.717, 1.165) is 11.6 Å². The minimum atomic E-state index is -1.64. The molecule has 0 bridgehead atoms. The first-order valence-corrected chi connectivity index (χ1v) is 9.94. The maximum atomic E-state index is 11.7. The highest BCUT2D eigenvalue weighted by Gasteiger charge is 2.44. The Morgan fingerprint density at radius 3 is 2.44 bits per heavy atom. The monoisotopic (exact) mass is 450 g/mol. The first kappa shape index (κ1) is 23.8. The van der Waals surface area contributed by atoms with Crippen molar-refractivity contribution in [3.8, 4) is 17.2 Å². The Bertz CT molecular complexity index is 944. The predicted octanol–water partition coefficient (Wildman–Crippen LogP) is 0.0629. The van der Waals surface area contributed by atoms with Gasteiger partial charge in [-0.3, -0.25) is 0 Å². The molecule has 6 N–H and O–H groups in total. The summed E-state index contributed by atoms with van der Waals surface area (Å²) in [5.74, 6) is -1.22. The molecule has 1 saturated heterocycles. The molecule has 0 aromatic heterocycles. The van der Waals surface area contributed by atoms with Crippen molar-refractivity contribution in [2.24, 2.45) is 0 Å². The van der Waals surface area contributed by atoms with Gasteiger partial charge < -0.3 is 44.8 Å². The van der Waals surface area contributed by atoms with Gasteiger partial charge in [0.15, 0.2) is 0 Å². The number of methoxy groups -OCH3 is 1. The Morgan fingerprint density at radius 2 is 1.78 bits per heavy atom. The van der Waals surface area contributed by atoms with Gasteiger partial charge in [-0.2, -0.15) is 0 Å². The quantitative estimate of drug-likeness (QED) is 0.324. The molecule has 1 aliphatic rings. The van der Waals surface area contributed by atoms with Crippen LogP contribution in [-0.2, 0) is 17.6 Å². The topological polar surface area (TPSA) is 166 Å². The molecule has 5 atom stereocenters. The lowest BCUT2D eigenvalue weighted by Crippen LogP contribution is -2.60. The van der Waals surface area contributed by atoms with Gasteiger partial charge in [0.25, 0.3) is 0 Å². The number of carboxylic acid groups (broad SMARTS) is 1. The molecule has 0 radical (unpaired) electrons. The van der Waals surface area contributed by atoms with Crippen molar-refractivity contribution in [1.82, 2.24) is 0 Å². The second-order valence-corrected chi connectivity index (χ2v) is 7.45. The number of aromatic carboxylic acids is 1. The first-order chi connectivity index (χ1) is 15.2. The molecule has 174 valence electrons. The highest BCUT2D eigenvalue weighted by molar-refractivity contribution is 5.93. The first-order valence-electron chi connectivity index (χ1n) is 9.94. The summed E-state index contributed by atoms with van der Waals surface area (Å²) in [5.41, 5.74) is 0.884. The van der Waals surface area contributed by atoms with Crippen molar-refractivity contribution in [3.63, 3.8) is 0 Å². The summed E-state index contributed by atoms with van der Waals surface area (Å²) < 4.78 is 16.0. The van der Waals surface area contributed by atoms with Crippen molar-refractivity contribution in [1.29, 1.82) is 0 Å². The second-order valence-electron chi connectivity index (χ2n) is 7.45. The summed E-state index contributed by atoms with van der Waals surface area (Å²) in [6.45, 7) is -0.625. The lowest BCUT2D eigenvalue weighted by molar-refractivity contribution is -0.277. The van der Waals surface area contributed by atoms with Gasteiger partial charge >= 0.3 is 5.97 Å². The number of hydrogen-bond donors (Lipinski definition) is 6. The van der Waals surface area contributed by atoms with Crippen LogP contribution in [0.15, 0.2) is 36.4 Å². The smallest absolute Gasteiger partial charge is 0.339 e. The van der Waals surface area contributed by atoms with Crippen LogP contribution in [0.5, 0.6) is 17.2 Å². The predicted molar refractivity (Wildman–Crippen MR) is 110 cm³/mol. The molecule has 32 heavy (non-hydrogen) atoms. The van der Waals surface area contributed by atoms with E-state index in [-0.39, 0.29) is 23.3 Å². The van der Waals surface area contributed by atoms with Crippen LogP contribution in [0.4, 0.5) is 0 Å². The number of benzene rings is 2. The van der Waals surface area contributed by atoms with E-state index in [0.29, 0.717) is 12.2 Å². The number of ether oxygens (including phenoxy) is 3. The highest BCUT2D eigenvalue weighted by Crippen LogP contribution is 2.32. The maximum Gasteiger partial charge on any atom is 0.339 e.